The molecule has 2 unspecified atom stereocenters. The highest BCUT2D eigenvalue weighted by Gasteiger charge is 2.28. The van der Waals surface area contributed by atoms with Gasteiger partial charge in [-0.1, -0.05) is 13.3 Å². The van der Waals surface area contributed by atoms with Crippen LogP contribution in [0.2, 0.25) is 0 Å². The van der Waals surface area contributed by atoms with Gasteiger partial charge in [-0.25, -0.2) is 13.1 Å². The van der Waals surface area contributed by atoms with Crippen molar-refractivity contribution >= 4 is 21.4 Å². The molecule has 0 amide bonds. The van der Waals surface area contributed by atoms with Crippen LogP contribution in [0.25, 0.3) is 0 Å². The number of sulfonamides is 1. The summed E-state index contributed by atoms with van der Waals surface area (Å²) in [5, 5.41) is 1.66. The minimum atomic E-state index is -3.36. The lowest BCUT2D eigenvalue weighted by atomic mass is 10.1. The van der Waals surface area contributed by atoms with Crippen LogP contribution in [0.5, 0.6) is 0 Å². The monoisotopic (exact) mass is 274 g/mol. The molecule has 2 atom stereocenters. The summed E-state index contributed by atoms with van der Waals surface area (Å²) >= 11 is 1.39. The number of nitrogens with one attached hydrogen (secondary N) is 1. The van der Waals surface area contributed by atoms with Crippen LogP contribution in [0.4, 0.5) is 0 Å². The first-order valence-corrected chi connectivity index (χ1v) is 8.19. The Balaban J connectivity index is 2.13. The fourth-order valence-electron chi connectivity index (χ4n) is 2.20. The van der Waals surface area contributed by atoms with E-state index in [4.69, 9.17) is 5.73 Å². The van der Waals surface area contributed by atoms with Gasteiger partial charge in [-0.2, -0.15) is 0 Å². The van der Waals surface area contributed by atoms with E-state index in [1.165, 1.54) is 11.3 Å². The van der Waals surface area contributed by atoms with Gasteiger partial charge in [0.15, 0.2) is 0 Å². The lowest BCUT2D eigenvalue weighted by Gasteiger charge is -2.16. The van der Waals surface area contributed by atoms with Gasteiger partial charge in [0.1, 0.15) is 0 Å². The Hall–Kier alpha value is -0.430. The first-order chi connectivity index (χ1) is 8.03. The minimum Gasteiger partial charge on any atom is -0.326 e. The molecular weight excluding hydrogens is 256 g/mol. The third kappa shape index (κ3) is 2.88. The van der Waals surface area contributed by atoms with Crippen molar-refractivity contribution in [1.82, 2.24) is 4.72 Å². The summed E-state index contributed by atoms with van der Waals surface area (Å²) in [5.41, 5.74) is 5.49. The van der Waals surface area contributed by atoms with Crippen molar-refractivity contribution in [2.75, 3.05) is 0 Å². The summed E-state index contributed by atoms with van der Waals surface area (Å²) in [5.74, 6) is 0.428. The molecule has 0 aliphatic heterocycles. The van der Waals surface area contributed by atoms with Crippen LogP contribution in [0.3, 0.4) is 0 Å². The molecule has 0 saturated heterocycles. The zero-order valence-corrected chi connectivity index (χ0v) is 11.5. The Labute approximate surface area is 106 Å². The molecule has 1 saturated carbocycles. The number of thiophene rings is 1. The SMILES string of the molecule is CC1CCCC1NS(=O)(=O)c1csc(CN)c1. The van der Waals surface area contributed by atoms with E-state index in [-0.39, 0.29) is 6.04 Å². The van der Waals surface area contributed by atoms with Gasteiger partial charge in [-0.15, -0.1) is 11.3 Å². The lowest BCUT2D eigenvalue weighted by Crippen LogP contribution is -2.36. The summed E-state index contributed by atoms with van der Waals surface area (Å²) in [6, 6.07) is 1.74. The number of rotatable bonds is 4. The first kappa shape index (κ1) is 13.0. The Bertz CT molecular complexity index is 481. The molecule has 4 nitrogen and oxygen atoms in total. The molecule has 0 spiro atoms. The summed E-state index contributed by atoms with van der Waals surface area (Å²) in [4.78, 5) is 1.24. The van der Waals surface area contributed by atoms with Crippen molar-refractivity contribution < 1.29 is 8.42 Å². The normalized spacial score (nSPS) is 25.3. The topological polar surface area (TPSA) is 72.2 Å². The van der Waals surface area contributed by atoms with Gasteiger partial charge in [0.2, 0.25) is 10.0 Å². The summed E-state index contributed by atoms with van der Waals surface area (Å²) in [7, 11) is -3.36. The Kier molecular flexibility index (Phi) is 3.87. The highest BCUT2D eigenvalue weighted by atomic mass is 32.2. The molecule has 1 aromatic rings. The molecular formula is C11H18N2O2S2. The molecule has 2 rings (SSSR count). The van der Waals surface area contributed by atoms with E-state index < -0.39 is 10.0 Å². The Morgan fingerprint density at radius 1 is 1.53 bits per heavy atom. The van der Waals surface area contributed by atoms with Crippen LogP contribution in [-0.4, -0.2) is 14.5 Å². The second-order valence-corrected chi connectivity index (χ2v) is 7.30. The molecule has 3 N–H and O–H groups in total. The molecule has 17 heavy (non-hydrogen) atoms. The minimum absolute atomic E-state index is 0.0845. The van der Waals surface area contributed by atoms with Crippen LogP contribution in [0.1, 0.15) is 31.1 Å². The zero-order chi connectivity index (χ0) is 12.5. The fourth-order valence-corrected chi connectivity index (χ4v) is 4.73. The summed E-state index contributed by atoms with van der Waals surface area (Å²) < 4.78 is 27.0. The van der Waals surface area contributed by atoms with Gasteiger partial charge in [0.25, 0.3) is 0 Å². The van der Waals surface area contributed by atoms with E-state index >= 15 is 0 Å². The third-order valence-electron chi connectivity index (χ3n) is 3.31. The highest BCUT2D eigenvalue weighted by Crippen LogP contribution is 2.27. The van der Waals surface area contributed by atoms with Gasteiger partial charge < -0.3 is 5.73 Å². The molecule has 0 bridgehead atoms. The van der Waals surface area contributed by atoms with E-state index in [9.17, 15) is 8.42 Å². The summed E-state index contributed by atoms with van der Waals surface area (Å²) in [6.45, 7) is 2.49. The maximum absolute atomic E-state index is 12.1. The van der Waals surface area contributed by atoms with Crippen LogP contribution < -0.4 is 10.5 Å². The molecule has 6 heteroatoms. The Morgan fingerprint density at radius 2 is 2.29 bits per heavy atom. The van der Waals surface area contributed by atoms with Crippen molar-refractivity contribution in [1.29, 1.82) is 0 Å². The second kappa shape index (κ2) is 5.06. The van der Waals surface area contributed by atoms with E-state index in [0.29, 0.717) is 17.4 Å². The van der Waals surface area contributed by atoms with Crippen molar-refractivity contribution in [3.05, 3.63) is 16.3 Å². The molecule has 1 fully saturated rings. The van der Waals surface area contributed by atoms with Gasteiger partial charge in [0.05, 0.1) is 4.90 Å². The molecule has 1 aromatic heterocycles. The average Bonchev–Trinajstić information content (AvgIpc) is 2.88. The van der Waals surface area contributed by atoms with Crippen molar-refractivity contribution in [2.45, 2.75) is 43.7 Å². The average molecular weight is 274 g/mol. The third-order valence-corrected chi connectivity index (χ3v) is 5.89. The molecule has 1 aliphatic rings. The molecule has 0 aromatic carbocycles. The fraction of sp³-hybridized carbons (Fsp3) is 0.636. The summed E-state index contributed by atoms with van der Waals surface area (Å²) in [6.07, 6.45) is 3.14. The van der Waals surface area contributed by atoms with Gasteiger partial charge in [-0.05, 0) is 24.8 Å². The molecule has 0 radical (unpaired) electrons. The highest BCUT2D eigenvalue weighted by molar-refractivity contribution is 7.89. The number of hydrogen-bond acceptors (Lipinski definition) is 4. The van der Waals surface area contributed by atoms with Crippen LogP contribution >= 0.6 is 11.3 Å². The maximum atomic E-state index is 12.1. The maximum Gasteiger partial charge on any atom is 0.241 e. The smallest absolute Gasteiger partial charge is 0.241 e. The van der Waals surface area contributed by atoms with Gasteiger partial charge >= 0.3 is 0 Å². The van der Waals surface area contributed by atoms with Gasteiger partial charge in [0, 0.05) is 22.8 Å². The van der Waals surface area contributed by atoms with Gasteiger partial charge in [-0.3, -0.25) is 0 Å². The van der Waals surface area contributed by atoms with Crippen molar-refractivity contribution in [3.8, 4) is 0 Å². The van der Waals surface area contributed by atoms with E-state index in [2.05, 4.69) is 11.6 Å². The molecule has 1 aliphatic carbocycles. The zero-order valence-electron chi connectivity index (χ0n) is 9.85. The standard InChI is InChI=1S/C11H18N2O2S2/c1-8-3-2-4-11(8)13-17(14,15)10-5-9(6-12)16-7-10/h5,7-8,11,13H,2-4,6,12H2,1H3. The quantitative estimate of drug-likeness (QED) is 0.877. The van der Waals surface area contributed by atoms with Crippen LogP contribution in [0.15, 0.2) is 16.3 Å². The molecule has 96 valence electrons. The lowest BCUT2D eigenvalue weighted by molar-refractivity contribution is 0.476. The van der Waals surface area contributed by atoms with Crippen molar-refractivity contribution in [2.24, 2.45) is 11.7 Å². The van der Waals surface area contributed by atoms with E-state index in [1.54, 1.807) is 11.4 Å². The first-order valence-electron chi connectivity index (χ1n) is 5.83. The predicted molar refractivity (Wildman–Crippen MR) is 69.3 cm³/mol. The predicted octanol–water partition coefficient (Wildman–Crippen LogP) is 1.67. The number of nitrogens with two attached hydrogens (primary N) is 1. The van der Waals surface area contributed by atoms with Crippen LogP contribution in [-0.2, 0) is 16.6 Å². The van der Waals surface area contributed by atoms with E-state index in [1.807, 2.05) is 0 Å². The van der Waals surface area contributed by atoms with Crippen molar-refractivity contribution in [3.63, 3.8) is 0 Å². The second-order valence-electron chi connectivity index (χ2n) is 4.59. The largest absolute Gasteiger partial charge is 0.326 e. The number of hydrogen-bond donors (Lipinski definition) is 2. The molecule has 1 heterocycles. The Morgan fingerprint density at radius 3 is 2.82 bits per heavy atom. The van der Waals surface area contributed by atoms with Crippen LogP contribution in [0, 0.1) is 5.92 Å². The van der Waals surface area contributed by atoms with E-state index in [0.717, 1.165) is 24.1 Å².